The molecule has 16 heavy (non-hydrogen) atoms. The highest BCUT2D eigenvalue weighted by molar-refractivity contribution is 8.00. The van der Waals surface area contributed by atoms with E-state index in [1.165, 1.54) is 0 Å². The van der Waals surface area contributed by atoms with E-state index in [4.69, 9.17) is 17.3 Å². The molecule has 0 bridgehead atoms. The van der Waals surface area contributed by atoms with Crippen LogP contribution in [0.3, 0.4) is 0 Å². The molecule has 86 valence electrons. The summed E-state index contributed by atoms with van der Waals surface area (Å²) in [5, 5.41) is 0.673. The summed E-state index contributed by atoms with van der Waals surface area (Å²) in [5.41, 5.74) is 6.57. The van der Waals surface area contributed by atoms with E-state index >= 15 is 0 Å². The first-order valence-electron chi connectivity index (χ1n) is 5.08. The van der Waals surface area contributed by atoms with Crippen LogP contribution in [-0.2, 0) is 4.79 Å². The summed E-state index contributed by atoms with van der Waals surface area (Å²) >= 11 is 7.46. The number of hydrogen-bond donors (Lipinski definition) is 1. The highest BCUT2D eigenvalue weighted by Gasteiger charge is 2.28. The smallest absolute Gasteiger partial charge is 0.237 e. The molecule has 1 atom stereocenters. The van der Waals surface area contributed by atoms with Crippen molar-refractivity contribution in [3.63, 3.8) is 0 Å². The molecule has 0 aromatic heterocycles. The van der Waals surface area contributed by atoms with Gasteiger partial charge in [-0.05, 0) is 24.3 Å². The fourth-order valence-corrected chi connectivity index (χ4v) is 2.87. The highest BCUT2D eigenvalue weighted by Crippen LogP contribution is 2.25. The minimum atomic E-state index is 0.0902. The summed E-state index contributed by atoms with van der Waals surface area (Å²) in [6.07, 6.45) is 0. The van der Waals surface area contributed by atoms with Crippen LogP contribution >= 0.6 is 23.4 Å². The summed E-state index contributed by atoms with van der Waals surface area (Å²) in [7, 11) is 0. The molecule has 3 nitrogen and oxygen atoms in total. The average molecular weight is 257 g/mol. The molecule has 1 fully saturated rings. The molecule has 1 aromatic carbocycles. The van der Waals surface area contributed by atoms with Gasteiger partial charge in [0.15, 0.2) is 0 Å². The van der Waals surface area contributed by atoms with Crippen molar-refractivity contribution < 1.29 is 4.79 Å². The minimum absolute atomic E-state index is 0.0902. The third-order valence-electron chi connectivity index (χ3n) is 2.55. The number of benzene rings is 1. The van der Waals surface area contributed by atoms with Crippen LogP contribution in [0.1, 0.15) is 0 Å². The zero-order chi connectivity index (χ0) is 11.5. The summed E-state index contributed by atoms with van der Waals surface area (Å²) in [5.74, 6) is 1.54. The normalized spacial score (nSPS) is 21.2. The molecule has 0 saturated carbocycles. The predicted octanol–water partition coefficient (Wildman–Crippen LogP) is 1.75. The quantitative estimate of drug-likeness (QED) is 0.877. The van der Waals surface area contributed by atoms with Crippen LogP contribution < -0.4 is 10.6 Å². The van der Waals surface area contributed by atoms with Crippen molar-refractivity contribution in [3.8, 4) is 0 Å². The number of nitrogens with zero attached hydrogens (tertiary/aromatic N) is 1. The Morgan fingerprint density at radius 1 is 1.44 bits per heavy atom. The fourth-order valence-electron chi connectivity index (χ4n) is 1.76. The van der Waals surface area contributed by atoms with E-state index < -0.39 is 0 Å². The molecule has 1 aliphatic heterocycles. The first-order chi connectivity index (χ1) is 7.72. The summed E-state index contributed by atoms with van der Waals surface area (Å²) in [6, 6.07) is 7.39. The summed E-state index contributed by atoms with van der Waals surface area (Å²) in [6.45, 7) is 0.487. The zero-order valence-corrected chi connectivity index (χ0v) is 10.3. The second-order valence-corrected chi connectivity index (χ2v) is 5.11. The van der Waals surface area contributed by atoms with Gasteiger partial charge in [0.25, 0.3) is 0 Å². The molecule has 1 unspecified atom stereocenters. The van der Waals surface area contributed by atoms with Crippen molar-refractivity contribution in [1.82, 2.24) is 0 Å². The van der Waals surface area contributed by atoms with Gasteiger partial charge in [-0.15, -0.1) is 11.8 Å². The third kappa shape index (κ3) is 2.34. The van der Waals surface area contributed by atoms with E-state index in [1.807, 2.05) is 12.1 Å². The van der Waals surface area contributed by atoms with E-state index in [1.54, 1.807) is 28.8 Å². The molecule has 1 amide bonds. The third-order valence-corrected chi connectivity index (χ3v) is 3.87. The number of anilines is 1. The molecule has 1 aromatic rings. The number of nitrogens with two attached hydrogens (primary N) is 1. The SMILES string of the molecule is NCC1CSCC(=O)N1c1ccc(Cl)cc1. The average Bonchev–Trinajstić information content (AvgIpc) is 2.30. The van der Waals surface area contributed by atoms with Crippen molar-refractivity contribution in [2.24, 2.45) is 5.73 Å². The number of halogens is 1. The van der Waals surface area contributed by atoms with E-state index in [0.29, 0.717) is 17.3 Å². The Morgan fingerprint density at radius 3 is 2.75 bits per heavy atom. The lowest BCUT2D eigenvalue weighted by atomic mass is 10.2. The number of amides is 1. The molecular formula is C11H13ClN2OS. The van der Waals surface area contributed by atoms with Gasteiger partial charge in [-0.3, -0.25) is 4.79 Å². The molecule has 1 saturated heterocycles. The van der Waals surface area contributed by atoms with Crippen LogP contribution in [0.4, 0.5) is 5.69 Å². The monoisotopic (exact) mass is 256 g/mol. The molecule has 2 N–H and O–H groups in total. The number of thioether (sulfide) groups is 1. The Labute approximate surface area is 104 Å². The number of hydrogen-bond acceptors (Lipinski definition) is 3. The van der Waals surface area contributed by atoms with Crippen molar-refractivity contribution in [2.75, 3.05) is 23.0 Å². The first-order valence-corrected chi connectivity index (χ1v) is 6.61. The Bertz CT molecular complexity index is 382. The standard InChI is InChI=1S/C11H13ClN2OS/c12-8-1-3-9(4-2-8)14-10(5-13)6-16-7-11(14)15/h1-4,10H,5-7,13H2. The van der Waals surface area contributed by atoms with Crippen LogP contribution in [-0.4, -0.2) is 30.0 Å². The zero-order valence-electron chi connectivity index (χ0n) is 8.73. The molecule has 1 heterocycles. The maximum Gasteiger partial charge on any atom is 0.237 e. The van der Waals surface area contributed by atoms with E-state index in [2.05, 4.69) is 0 Å². The second-order valence-electron chi connectivity index (χ2n) is 3.64. The maximum absolute atomic E-state index is 11.9. The minimum Gasteiger partial charge on any atom is -0.328 e. The predicted molar refractivity (Wildman–Crippen MR) is 69.1 cm³/mol. The van der Waals surface area contributed by atoms with Crippen LogP contribution in [0.2, 0.25) is 5.02 Å². The van der Waals surface area contributed by atoms with Gasteiger partial charge in [0.1, 0.15) is 0 Å². The largest absolute Gasteiger partial charge is 0.328 e. The Kier molecular flexibility index (Phi) is 3.74. The van der Waals surface area contributed by atoms with Gasteiger partial charge in [-0.1, -0.05) is 11.6 Å². The highest BCUT2D eigenvalue weighted by atomic mass is 35.5. The number of carbonyl (C=O) groups is 1. The molecule has 0 spiro atoms. The van der Waals surface area contributed by atoms with Crippen LogP contribution in [0.15, 0.2) is 24.3 Å². The number of carbonyl (C=O) groups excluding carboxylic acids is 1. The van der Waals surface area contributed by atoms with Gasteiger partial charge in [0.2, 0.25) is 5.91 Å². The molecule has 5 heteroatoms. The Hall–Kier alpha value is -0.710. The van der Waals surface area contributed by atoms with Gasteiger partial charge in [0.05, 0.1) is 11.8 Å². The van der Waals surface area contributed by atoms with E-state index in [-0.39, 0.29) is 11.9 Å². The van der Waals surface area contributed by atoms with Gasteiger partial charge in [0, 0.05) is 23.0 Å². The van der Waals surface area contributed by atoms with Gasteiger partial charge in [-0.25, -0.2) is 0 Å². The van der Waals surface area contributed by atoms with Gasteiger partial charge in [-0.2, -0.15) is 0 Å². The molecular weight excluding hydrogens is 244 g/mol. The fraction of sp³-hybridized carbons (Fsp3) is 0.364. The maximum atomic E-state index is 11.9. The van der Waals surface area contributed by atoms with Crippen LogP contribution in [0.25, 0.3) is 0 Å². The molecule has 1 aliphatic rings. The summed E-state index contributed by atoms with van der Waals surface area (Å²) in [4.78, 5) is 13.7. The molecule has 0 aliphatic carbocycles. The van der Waals surface area contributed by atoms with Crippen molar-refractivity contribution >= 4 is 35.0 Å². The first kappa shape index (κ1) is 11.8. The topological polar surface area (TPSA) is 46.3 Å². The van der Waals surface area contributed by atoms with Crippen LogP contribution in [0, 0.1) is 0 Å². The molecule has 2 rings (SSSR count). The molecule has 0 radical (unpaired) electrons. The van der Waals surface area contributed by atoms with Crippen molar-refractivity contribution in [1.29, 1.82) is 0 Å². The van der Waals surface area contributed by atoms with E-state index in [9.17, 15) is 4.79 Å². The second kappa shape index (κ2) is 5.08. The lowest BCUT2D eigenvalue weighted by Gasteiger charge is -2.34. The lowest BCUT2D eigenvalue weighted by molar-refractivity contribution is -0.116. The van der Waals surface area contributed by atoms with Gasteiger partial charge < -0.3 is 10.6 Å². The Balaban J connectivity index is 2.28. The summed E-state index contributed by atoms with van der Waals surface area (Å²) < 4.78 is 0. The Morgan fingerprint density at radius 2 is 2.12 bits per heavy atom. The van der Waals surface area contributed by atoms with Crippen molar-refractivity contribution in [3.05, 3.63) is 29.3 Å². The van der Waals surface area contributed by atoms with Crippen LogP contribution in [0.5, 0.6) is 0 Å². The number of rotatable bonds is 2. The van der Waals surface area contributed by atoms with Crippen molar-refractivity contribution in [2.45, 2.75) is 6.04 Å². The van der Waals surface area contributed by atoms with E-state index in [0.717, 1.165) is 11.4 Å². The van der Waals surface area contributed by atoms with Gasteiger partial charge >= 0.3 is 0 Å². The lowest BCUT2D eigenvalue weighted by Crippen LogP contribution is -2.50.